The molecule has 0 radical (unpaired) electrons. The van der Waals surface area contributed by atoms with Crippen LogP contribution in [0.15, 0.2) is 29.2 Å². The maximum atomic E-state index is 11.5. The molecule has 6 nitrogen and oxygen atoms in total. The number of anilines is 1. The highest BCUT2D eigenvalue weighted by atomic mass is 16.1. The van der Waals surface area contributed by atoms with E-state index in [1.54, 1.807) is 16.8 Å². The summed E-state index contributed by atoms with van der Waals surface area (Å²) in [6, 6.07) is 5.00. The van der Waals surface area contributed by atoms with Crippen LogP contribution in [0.4, 0.5) is 5.82 Å². The number of hydrogen-bond donors (Lipinski definition) is 1. The van der Waals surface area contributed by atoms with Crippen LogP contribution >= 0.6 is 0 Å². The third-order valence-corrected chi connectivity index (χ3v) is 2.42. The van der Waals surface area contributed by atoms with Gasteiger partial charge in [-0.25, -0.2) is 4.68 Å². The molecule has 0 atom stereocenters. The molecule has 6 heteroatoms. The summed E-state index contributed by atoms with van der Waals surface area (Å²) in [7, 11) is 0. The van der Waals surface area contributed by atoms with E-state index in [0.29, 0.717) is 12.4 Å². The summed E-state index contributed by atoms with van der Waals surface area (Å²) in [6.07, 6.45) is 2.61. The summed E-state index contributed by atoms with van der Waals surface area (Å²) >= 11 is 0. The molecule has 0 saturated heterocycles. The lowest BCUT2D eigenvalue weighted by molar-refractivity contribution is 0.483. The lowest BCUT2D eigenvalue weighted by Crippen LogP contribution is -2.23. The summed E-state index contributed by atoms with van der Waals surface area (Å²) < 4.78 is 3.23. The van der Waals surface area contributed by atoms with E-state index in [1.165, 1.54) is 10.7 Å². The zero-order valence-corrected chi connectivity index (χ0v) is 9.71. The van der Waals surface area contributed by atoms with E-state index in [-0.39, 0.29) is 5.56 Å². The number of nitrogen functional groups attached to an aromatic ring is 1. The third kappa shape index (κ3) is 2.93. The van der Waals surface area contributed by atoms with Gasteiger partial charge in [0.15, 0.2) is 0 Å². The summed E-state index contributed by atoms with van der Waals surface area (Å²) in [5, 5.41) is 8.23. The largest absolute Gasteiger partial charge is 0.382 e. The van der Waals surface area contributed by atoms with E-state index < -0.39 is 0 Å². The van der Waals surface area contributed by atoms with Crippen molar-refractivity contribution >= 4 is 5.82 Å². The molecule has 0 amide bonds. The second-order valence-electron chi connectivity index (χ2n) is 3.89. The van der Waals surface area contributed by atoms with Gasteiger partial charge in [-0.1, -0.05) is 0 Å². The molecule has 17 heavy (non-hydrogen) atoms. The van der Waals surface area contributed by atoms with Gasteiger partial charge in [0.25, 0.3) is 5.56 Å². The fraction of sp³-hybridized carbons (Fsp3) is 0.364. The summed E-state index contributed by atoms with van der Waals surface area (Å²) in [5.41, 5.74) is 6.27. The van der Waals surface area contributed by atoms with Crippen molar-refractivity contribution in [3.05, 3.63) is 40.4 Å². The maximum absolute atomic E-state index is 11.5. The van der Waals surface area contributed by atoms with E-state index >= 15 is 0 Å². The van der Waals surface area contributed by atoms with Crippen LogP contribution in [0.2, 0.25) is 0 Å². The molecule has 0 unspecified atom stereocenters. The Kier molecular flexibility index (Phi) is 3.22. The van der Waals surface area contributed by atoms with Crippen molar-refractivity contribution in [1.82, 2.24) is 19.6 Å². The van der Waals surface area contributed by atoms with Gasteiger partial charge in [-0.3, -0.25) is 9.48 Å². The predicted octanol–water partition coefficient (Wildman–Crippen LogP) is 0.421. The van der Waals surface area contributed by atoms with E-state index in [1.807, 2.05) is 13.1 Å². The van der Waals surface area contributed by atoms with Gasteiger partial charge in [0.1, 0.15) is 5.82 Å². The van der Waals surface area contributed by atoms with Crippen molar-refractivity contribution in [2.45, 2.75) is 26.4 Å². The quantitative estimate of drug-likeness (QED) is 0.830. The highest BCUT2D eigenvalue weighted by molar-refractivity contribution is 5.23. The SMILES string of the molecule is Cc1ccc(=O)n(CCCn2ccc(N)n2)n1. The smallest absolute Gasteiger partial charge is 0.266 e. The lowest BCUT2D eigenvalue weighted by atomic mass is 10.4. The molecule has 90 valence electrons. The van der Waals surface area contributed by atoms with Gasteiger partial charge in [-0.05, 0) is 25.5 Å². The third-order valence-electron chi connectivity index (χ3n) is 2.42. The average Bonchev–Trinajstić information content (AvgIpc) is 2.69. The van der Waals surface area contributed by atoms with Gasteiger partial charge in [0.05, 0.1) is 5.69 Å². The number of aryl methyl sites for hydroxylation is 3. The minimum Gasteiger partial charge on any atom is -0.382 e. The van der Waals surface area contributed by atoms with Gasteiger partial charge >= 0.3 is 0 Å². The van der Waals surface area contributed by atoms with E-state index in [2.05, 4.69) is 10.2 Å². The Morgan fingerprint density at radius 2 is 2.06 bits per heavy atom. The second-order valence-corrected chi connectivity index (χ2v) is 3.89. The Bertz CT molecular complexity index is 557. The maximum Gasteiger partial charge on any atom is 0.266 e. The Morgan fingerprint density at radius 3 is 2.76 bits per heavy atom. The first-order chi connectivity index (χ1) is 8.15. The summed E-state index contributed by atoms with van der Waals surface area (Å²) in [6.45, 7) is 3.17. The number of nitrogens with two attached hydrogens (primary N) is 1. The van der Waals surface area contributed by atoms with Crippen LogP contribution in [0.1, 0.15) is 12.1 Å². The topological polar surface area (TPSA) is 78.7 Å². The van der Waals surface area contributed by atoms with Crippen molar-refractivity contribution in [3.63, 3.8) is 0 Å². The number of rotatable bonds is 4. The Balaban J connectivity index is 1.94. The van der Waals surface area contributed by atoms with Gasteiger partial charge < -0.3 is 5.73 Å². The zero-order chi connectivity index (χ0) is 12.3. The van der Waals surface area contributed by atoms with Crippen LogP contribution in [-0.2, 0) is 13.1 Å². The van der Waals surface area contributed by atoms with Crippen LogP contribution in [0, 0.1) is 6.92 Å². The van der Waals surface area contributed by atoms with E-state index in [0.717, 1.165) is 18.7 Å². The average molecular weight is 233 g/mol. The molecule has 2 aromatic rings. The van der Waals surface area contributed by atoms with Crippen LogP contribution in [0.5, 0.6) is 0 Å². The minimum absolute atomic E-state index is 0.0735. The standard InChI is InChI=1S/C11H15N5O/c1-9-3-4-11(17)16(13-9)7-2-6-15-8-5-10(12)14-15/h3-5,8H,2,6-7H2,1H3,(H2,12,14). The fourth-order valence-electron chi connectivity index (χ4n) is 1.60. The normalized spacial score (nSPS) is 10.6. The molecule has 0 saturated carbocycles. The van der Waals surface area contributed by atoms with Crippen molar-refractivity contribution < 1.29 is 0 Å². The molecule has 2 N–H and O–H groups in total. The van der Waals surface area contributed by atoms with Crippen molar-refractivity contribution in [2.75, 3.05) is 5.73 Å². The first kappa shape index (κ1) is 11.4. The molecular formula is C11H15N5O. The predicted molar refractivity (Wildman–Crippen MR) is 64.5 cm³/mol. The van der Waals surface area contributed by atoms with Crippen molar-refractivity contribution in [1.29, 1.82) is 0 Å². The molecule has 2 aromatic heterocycles. The Labute approximate surface area is 98.7 Å². The molecule has 2 heterocycles. The van der Waals surface area contributed by atoms with Crippen molar-refractivity contribution in [2.24, 2.45) is 0 Å². The first-order valence-electron chi connectivity index (χ1n) is 5.49. The van der Waals surface area contributed by atoms with Crippen LogP contribution in [0.25, 0.3) is 0 Å². The fourth-order valence-corrected chi connectivity index (χ4v) is 1.60. The molecule has 0 fully saturated rings. The Morgan fingerprint density at radius 1 is 1.24 bits per heavy atom. The van der Waals surface area contributed by atoms with Crippen LogP contribution < -0.4 is 11.3 Å². The monoisotopic (exact) mass is 233 g/mol. The van der Waals surface area contributed by atoms with Gasteiger partial charge in [0, 0.05) is 25.4 Å². The van der Waals surface area contributed by atoms with Crippen LogP contribution in [-0.4, -0.2) is 19.6 Å². The highest BCUT2D eigenvalue weighted by Gasteiger charge is 1.99. The number of hydrogen-bond acceptors (Lipinski definition) is 4. The molecule has 0 spiro atoms. The molecule has 0 aliphatic rings. The number of aromatic nitrogens is 4. The first-order valence-corrected chi connectivity index (χ1v) is 5.49. The van der Waals surface area contributed by atoms with E-state index in [9.17, 15) is 4.79 Å². The number of nitrogens with zero attached hydrogens (tertiary/aromatic N) is 4. The Hall–Kier alpha value is -2.11. The molecule has 0 bridgehead atoms. The molecule has 2 rings (SSSR count). The van der Waals surface area contributed by atoms with Gasteiger partial charge in [0.2, 0.25) is 0 Å². The second kappa shape index (κ2) is 4.82. The lowest BCUT2D eigenvalue weighted by Gasteiger charge is -2.05. The summed E-state index contributed by atoms with van der Waals surface area (Å²) in [4.78, 5) is 11.5. The highest BCUT2D eigenvalue weighted by Crippen LogP contribution is 1.98. The minimum atomic E-state index is -0.0735. The zero-order valence-electron chi connectivity index (χ0n) is 9.71. The molecule has 0 aliphatic heterocycles. The summed E-state index contributed by atoms with van der Waals surface area (Å²) in [5.74, 6) is 0.510. The van der Waals surface area contributed by atoms with Crippen molar-refractivity contribution in [3.8, 4) is 0 Å². The molecule has 0 aliphatic carbocycles. The van der Waals surface area contributed by atoms with Gasteiger partial charge in [-0.2, -0.15) is 10.2 Å². The van der Waals surface area contributed by atoms with Gasteiger partial charge in [-0.15, -0.1) is 0 Å². The molecular weight excluding hydrogens is 218 g/mol. The van der Waals surface area contributed by atoms with E-state index in [4.69, 9.17) is 5.73 Å². The molecule has 0 aromatic carbocycles. The van der Waals surface area contributed by atoms with Crippen LogP contribution in [0.3, 0.4) is 0 Å².